The second kappa shape index (κ2) is 6.31. The molecule has 1 saturated heterocycles. The summed E-state index contributed by atoms with van der Waals surface area (Å²) in [7, 11) is 0. The quantitative estimate of drug-likeness (QED) is 0.865. The summed E-state index contributed by atoms with van der Waals surface area (Å²) in [5, 5.41) is 3.78. The Balaban J connectivity index is 1.56. The molecule has 1 aromatic rings. The summed E-state index contributed by atoms with van der Waals surface area (Å²) in [6.07, 6.45) is 8.15. The van der Waals surface area contributed by atoms with Gasteiger partial charge in [-0.25, -0.2) is 0 Å². The van der Waals surface area contributed by atoms with Gasteiger partial charge >= 0.3 is 0 Å². The zero-order valence-electron chi connectivity index (χ0n) is 12.8. The molecular formula is C17H28N2O. The molecule has 2 fully saturated rings. The van der Waals surface area contributed by atoms with E-state index in [2.05, 4.69) is 30.1 Å². The Morgan fingerprint density at radius 3 is 2.95 bits per heavy atom. The molecule has 3 unspecified atom stereocenters. The molecule has 1 aromatic heterocycles. The summed E-state index contributed by atoms with van der Waals surface area (Å²) in [6, 6.07) is 6.17. The summed E-state index contributed by atoms with van der Waals surface area (Å²) in [6.45, 7) is 7.11. The van der Waals surface area contributed by atoms with Gasteiger partial charge < -0.3 is 9.73 Å². The Hall–Kier alpha value is -0.800. The number of hydrogen-bond donors (Lipinski definition) is 1. The lowest BCUT2D eigenvalue weighted by atomic mass is 9.99. The lowest BCUT2D eigenvalue weighted by Gasteiger charge is -2.44. The summed E-state index contributed by atoms with van der Waals surface area (Å²) in [4.78, 5) is 2.75. The van der Waals surface area contributed by atoms with Crippen LogP contribution in [0.3, 0.4) is 0 Å². The number of piperazine rings is 1. The topological polar surface area (TPSA) is 28.4 Å². The van der Waals surface area contributed by atoms with Crippen molar-refractivity contribution in [2.45, 2.75) is 64.1 Å². The Morgan fingerprint density at radius 1 is 1.45 bits per heavy atom. The van der Waals surface area contributed by atoms with Crippen LogP contribution in [0.15, 0.2) is 22.8 Å². The monoisotopic (exact) mass is 276 g/mol. The first-order chi connectivity index (χ1) is 9.78. The van der Waals surface area contributed by atoms with Gasteiger partial charge in [-0.2, -0.15) is 0 Å². The molecule has 3 rings (SSSR count). The second-order valence-electron chi connectivity index (χ2n) is 6.58. The molecule has 0 amide bonds. The van der Waals surface area contributed by atoms with Crippen LogP contribution in [0.4, 0.5) is 0 Å². The van der Waals surface area contributed by atoms with Crippen LogP contribution in [-0.2, 0) is 6.42 Å². The smallest absolute Gasteiger partial charge is 0.103 e. The van der Waals surface area contributed by atoms with E-state index in [1.807, 2.05) is 6.07 Å². The van der Waals surface area contributed by atoms with E-state index in [1.165, 1.54) is 38.8 Å². The maximum Gasteiger partial charge on any atom is 0.103 e. The van der Waals surface area contributed by atoms with Gasteiger partial charge in [0.1, 0.15) is 5.76 Å². The van der Waals surface area contributed by atoms with Gasteiger partial charge in [-0.1, -0.05) is 6.92 Å². The molecule has 2 aliphatic rings. The SMILES string of the molecule is CCC1CNC(C2CC2)CN1C(C)CCc1ccco1. The summed E-state index contributed by atoms with van der Waals surface area (Å²) >= 11 is 0. The van der Waals surface area contributed by atoms with E-state index in [0.717, 1.165) is 24.1 Å². The first-order valence-electron chi connectivity index (χ1n) is 8.29. The molecule has 1 aliphatic heterocycles. The van der Waals surface area contributed by atoms with Gasteiger partial charge in [-0.05, 0) is 50.7 Å². The van der Waals surface area contributed by atoms with Crippen LogP contribution in [-0.4, -0.2) is 36.1 Å². The number of hydrogen-bond acceptors (Lipinski definition) is 3. The number of rotatable bonds is 6. The normalized spacial score (nSPS) is 29.5. The van der Waals surface area contributed by atoms with E-state index in [9.17, 15) is 0 Å². The lowest BCUT2D eigenvalue weighted by Crippen LogP contribution is -2.59. The Labute approximate surface area is 122 Å². The van der Waals surface area contributed by atoms with Gasteiger partial charge in [0.05, 0.1) is 6.26 Å². The molecule has 3 nitrogen and oxygen atoms in total. The largest absolute Gasteiger partial charge is 0.469 e. The van der Waals surface area contributed by atoms with E-state index < -0.39 is 0 Å². The van der Waals surface area contributed by atoms with Crippen molar-refractivity contribution in [3.63, 3.8) is 0 Å². The zero-order chi connectivity index (χ0) is 13.9. The molecule has 0 spiro atoms. The second-order valence-corrected chi connectivity index (χ2v) is 6.58. The van der Waals surface area contributed by atoms with Crippen molar-refractivity contribution in [2.24, 2.45) is 5.92 Å². The summed E-state index contributed by atoms with van der Waals surface area (Å²) in [5.74, 6) is 2.08. The van der Waals surface area contributed by atoms with Crippen LogP contribution in [0.2, 0.25) is 0 Å². The van der Waals surface area contributed by atoms with Gasteiger partial charge in [0.2, 0.25) is 0 Å². The predicted molar refractivity (Wildman–Crippen MR) is 81.8 cm³/mol. The molecule has 0 bridgehead atoms. The lowest BCUT2D eigenvalue weighted by molar-refractivity contribution is 0.0761. The van der Waals surface area contributed by atoms with Gasteiger partial charge in [0.25, 0.3) is 0 Å². The first-order valence-corrected chi connectivity index (χ1v) is 8.29. The number of aryl methyl sites for hydroxylation is 1. The molecule has 3 heteroatoms. The molecule has 112 valence electrons. The van der Waals surface area contributed by atoms with Gasteiger partial charge in [0, 0.05) is 37.6 Å². The molecule has 2 heterocycles. The molecule has 1 saturated carbocycles. The molecule has 1 N–H and O–H groups in total. The fourth-order valence-corrected chi connectivity index (χ4v) is 3.55. The third-order valence-electron chi connectivity index (χ3n) is 5.11. The highest BCUT2D eigenvalue weighted by molar-refractivity contribution is 5.00. The average Bonchev–Trinajstić information content (AvgIpc) is 3.20. The molecule has 1 aliphatic carbocycles. The third-order valence-corrected chi connectivity index (χ3v) is 5.11. The van der Waals surface area contributed by atoms with Crippen LogP contribution in [0.5, 0.6) is 0 Å². The molecule has 3 atom stereocenters. The average molecular weight is 276 g/mol. The van der Waals surface area contributed by atoms with Gasteiger partial charge in [0.15, 0.2) is 0 Å². The highest BCUT2D eigenvalue weighted by Crippen LogP contribution is 2.35. The fraction of sp³-hybridized carbons (Fsp3) is 0.765. The number of nitrogens with zero attached hydrogens (tertiary/aromatic N) is 1. The summed E-state index contributed by atoms with van der Waals surface area (Å²) < 4.78 is 5.46. The van der Waals surface area contributed by atoms with Crippen molar-refractivity contribution >= 4 is 0 Å². The Bertz CT molecular complexity index is 399. The molecule has 0 radical (unpaired) electrons. The Kier molecular flexibility index (Phi) is 4.47. The van der Waals surface area contributed by atoms with Crippen molar-refractivity contribution in [3.8, 4) is 0 Å². The van der Waals surface area contributed by atoms with Crippen LogP contribution < -0.4 is 5.32 Å². The fourth-order valence-electron chi connectivity index (χ4n) is 3.55. The zero-order valence-corrected chi connectivity index (χ0v) is 12.8. The van der Waals surface area contributed by atoms with Crippen LogP contribution in [0.1, 0.15) is 45.3 Å². The first kappa shape index (κ1) is 14.2. The Morgan fingerprint density at radius 2 is 2.30 bits per heavy atom. The standard InChI is InChI=1S/C17H28N2O/c1-3-15-11-18-17(14-7-8-14)12-19(15)13(2)6-9-16-5-4-10-20-16/h4-5,10,13-15,17-18H,3,6-9,11-12H2,1-2H3. The highest BCUT2D eigenvalue weighted by Gasteiger charge is 2.37. The van der Waals surface area contributed by atoms with Crippen molar-refractivity contribution in [2.75, 3.05) is 13.1 Å². The van der Waals surface area contributed by atoms with Gasteiger partial charge in [-0.15, -0.1) is 0 Å². The third kappa shape index (κ3) is 3.26. The van der Waals surface area contributed by atoms with Crippen LogP contribution in [0, 0.1) is 5.92 Å². The maximum atomic E-state index is 5.46. The van der Waals surface area contributed by atoms with E-state index in [1.54, 1.807) is 6.26 Å². The van der Waals surface area contributed by atoms with Crippen molar-refractivity contribution in [1.29, 1.82) is 0 Å². The van der Waals surface area contributed by atoms with Gasteiger partial charge in [-0.3, -0.25) is 4.90 Å². The minimum atomic E-state index is 0.647. The molecular weight excluding hydrogens is 248 g/mol. The van der Waals surface area contributed by atoms with E-state index in [-0.39, 0.29) is 0 Å². The highest BCUT2D eigenvalue weighted by atomic mass is 16.3. The maximum absolute atomic E-state index is 5.46. The molecule has 0 aromatic carbocycles. The van der Waals surface area contributed by atoms with Crippen LogP contribution in [0.25, 0.3) is 0 Å². The number of nitrogens with one attached hydrogen (secondary N) is 1. The van der Waals surface area contributed by atoms with E-state index >= 15 is 0 Å². The van der Waals surface area contributed by atoms with E-state index in [0.29, 0.717) is 12.1 Å². The summed E-state index contributed by atoms with van der Waals surface area (Å²) in [5.41, 5.74) is 0. The molecule has 20 heavy (non-hydrogen) atoms. The minimum Gasteiger partial charge on any atom is -0.469 e. The minimum absolute atomic E-state index is 0.647. The van der Waals surface area contributed by atoms with E-state index in [4.69, 9.17) is 4.42 Å². The van der Waals surface area contributed by atoms with Crippen molar-refractivity contribution in [1.82, 2.24) is 10.2 Å². The number of furan rings is 1. The van der Waals surface area contributed by atoms with Crippen molar-refractivity contribution in [3.05, 3.63) is 24.2 Å². The van der Waals surface area contributed by atoms with Crippen molar-refractivity contribution < 1.29 is 4.42 Å². The predicted octanol–water partition coefficient (Wildman–Crippen LogP) is 3.06. The van der Waals surface area contributed by atoms with Crippen LogP contribution >= 0.6 is 0 Å².